The summed E-state index contributed by atoms with van der Waals surface area (Å²) in [6, 6.07) is -3.95. The number of hydrogen-bond acceptors (Lipinski definition) is 5. The molecular formula is C24H39N5O6. The van der Waals surface area contributed by atoms with Crippen molar-refractivity contribution in [1.29, 1.82) is 0 Å². The Morgan fingerprint density at radius 3 is 2.14 bits per heavy atom. The topological polar surface area (TPSA) is 166 Å². The maximum Gasteiger partial charge on any atom is 0.326 e. The Kier molecular flexibility index (Phi) is 12.0. The van der Waals surface area contributed by atoms with E-state index in [4.69, 9.17) is 0 Å². The Morgan fingerprint density at radius 2 is 1.60 bits per heavy atom. The lowest BCUT2D eigenvalue weighted by Gasteiger charge is -2.26. The van der Waals surface area contributed by atoms with E-state index in [0.717, 1.165) is 0 Å². The third-order valence-corrected chi connectivity index (χ3v) is 5.39. The van der Waals surface area contributed by atoms with E-state index in [-0.39, 0.29) is 30.1 Å². The fraction of sp³-hybridized carbons (Fsp3) is 0.625. The molecule has 11 nitrogen and oxygen atoms in total. The van der Waals surface area contributed by atoms with Crippen molar-refractivity contribution in [3.8, 4) is 0 Å². The van der Waals surface area contributed by atoms with Crippen LogP contribution >= 0.6 is 0 Å². The molecule has 11 heteroatoms. The maximum atomic E-state index is 13.1. The van der Waals surface area contributed by atoms with Crippen LogP contribution in [-0.4, -0.2) is 59.5 Å². The van der Waals surface area contributed by atoms with Crippen LogP contribution in [0.15, 0.2) is 23.9 Å². The molecule has 6 N–H and O–H groups in total. The minimum atomic E-state index is -1.18. The highest BCUT2D eigenvalue weighted by atomic mass is 16.4. The van der Waals surface area contributed by atoms with E-state index < -0.39 is 41.9 Å². The third kappa shape index (κ3) is 10.2. The van der Waals surface area contributed by atoms with Crippen LogP contribution in [0.3, 0.4) is 0 Å². The molecule has 1 rings (SSSR count). The van der Waals surface area contributed by atoms with Crippen molar-refractivity contribution in [3.05, 3.63) is 23.9 Å². The van der Waals surface area contributed by atoms with Gasteiger partial charge in [0.15, 0.2) is 0 Å². The lowest BCUT2D eigenvalue weighted by molar-refractivity contribution is -0.140. The molecule has 0 fully saturated rings. The minimum Gasteiger partial charge on any atom is -0.480 e. The van der Waals surface area contributed by atoms with Gasteiger partial charge in [0.05, 0.1) is 0 Å². The number of aliphatic carboxylic acids is 1. The van der Waals surface area contributed by atoms with Crippen LogP contribution in [0.4, 0.5) is 4.79 Å². The second-order valence-electron chi connectivity index (χ2n) is 9.46. The number of hydrogen-bond donors (Lipinski definition) is 6. The largest absolute Gasteiger partial charge is 0.480 e. The Bertz CT molecular complexity index is 849. The number of carbonyl (C=O) groups is 5. The van der Waals surface area contributed by atoms with E-state index in [2.05, 4.69) is 26.6 Å². The summed E-state index contributed by atoms with van der Waals surface area (Å²) in [6.07, 6.45) is 5.47. The molecule has 0 spiro atoms. The van der Waals surface area contributed by atoms with Gasteiger partial charge in [0.2, 0.25) is 11.8 Å². The first-order valence-corrected chi connectivity index (χ1v) is 11.9. The summed E-state index contributed by atoms with van der Waals surface area (Å²) in [7, 11) is 0. The summed E-state index contributed by atoms with van der Waals surface area (Å²) < 4.78 is 0. The van der Waals surface area contributed by atoms with Crippen molar-refractivity contribution in [2.24, 2.45) is 17.8 Å². The monoisotopic (exact) mass is 493 g/mol. The van der Waals surface area contributed by atoms with Crippen LogP contribution in [0, 0.1) is 17.8 Å². The Labute approximate surface area is 206 Å². The number of rotatable bonds is 8. The number of carboxylic acid groups (broad SMARTS) is 1. The second-order valence-corrected chi connectivity index (χ2v) is 9.46. The lowest BCUT2D eigenvalue weighted by atomic mass is 10.0. The van der Waals surface area contributed by atoms with Crippen LogP contribution in [0.1, 0.15) is 54.4 Å². The molecule has 0 aromatic heterocycles. The number of urea groups is 1. The van der Waals surface area contributed by atoms with Crippen LogP contribution < -0.4 is 26.6 Å². The molecule has 0 aromatic rings. The summed E-state index contributed by atoms with van der Waals surface area (Å²) in [5.41, 5.74) is 0.560. The van der Waals surface area contributed by atoms with E-state index in [9.17, 15) is 29.1 Å². The smallest absolute Gasteiger partial charge is 0.326 e. The first-order valence-electron chi connectivity index (χ1n) is 11.9. The van der Waals surface area contributed by atoms with Crippen LogP contribution in [0.2, 0.25) is 0 Å². The van der Waals surface area contributed by atoms with Gasteiger partial charge < -0.3 is 31.7 Å². The fourth-order valence-electron chi connectivity index (χ4n) is 3.27. The molecule has 0 unspecified atom stereocenters. The van der Waals surface area contributed by atoms with Crippen molar-refractivity contribution in [1.82, 2.24) is 26.6 Å². The van der Waals surface area contributed by atoms with Crippen molar-refractivity contribution in [3.63, 3.8) is 0 Å². The van der Waals surface area contributed by atoms with Gasteiger partial charge in [0.1, 0.15) is 18.1 Å². The Hall–Kier alpha value is -3.37. The summed E-state index contributed by atoms with van der Waals surface area (Å²) >= 11 is 0. The van der Waals surface area contributed by atoms with Gasteiger partial charge in [-0.15, -0.1) is 0 Å². The highest BCUT2D eigenvalue weighted by Crippen LogP contribution is 2.10. The van der Waals surface area contributed by atoms with Crippen molar-refractivity contribution in [2.45, 2.75) is 72.5 Å². The number of carboxylic acids is 1. The first-order chi connectivity index (χ1) is 16.3. The van der Waals surface area contributed by atoms with Gasteiger partial charge in [-0.25, -0.2) is 9.59 Å². The molecule has 196 valence electrons. The molecule has 35 heavy (non-hydrogen) atoms. The van der Waals surface area contributed by atoms with Crippen LogP contribution in [-0.2, 0) is 19.2 Å². The zero-order valence-electron chi connectivity index (χ0n) is 21.3. The van der Waals surface area contributed by atoms with Gasteiger partial charge >= 0.3 is 12.0 Å². The summed E-state index contributed by atoms with van der Waals surface area (Å²) in [6.45, 7) is 10.9. The Morgan fingerprint density at radius 1 is 1.00 bits per heavy atom. The molecule has 0 aromatic carbocycles. The Balaban J connectivity index is 3.02. The van der Waals surface area contributed by atoms with Gasteiger partial charge in [-0.1, -0.05) is 59.8 Å². The molecule has 5 amide bonds. The molecule has 1 aliphatic heterocycles. The molecule has 0 saturated carbocycles. The molecule has 0 aliphatic carbocycles. The number of nitrogens with one attached hydrogen (secondary N) is 5. The molecule has 0 bridgehead atoms. The molecule has 0 radical (unpaired) electrons. The molecule has 0 saturated heterocycles. The average Bonchev–Trinajstić information content (AvgIpc) is 2.75. The summed E-state index contributed by atoms with van der Waals surface area (Å²) in [4.78, 5) is 61.8. The SMILES string of the molecule is CC(C)C1=CCC(=O)NCCC=C[C@H](NC(=O)[C@@H](NC(=O)N[C@H](C(=O)O)C(C)C)C(C)C)C(=O)N1. The summed E-state index contributed by atoms with van der Waals surface area (Å²) in [5.74, 6) is -3.17. The van der Waals surface area contributed by atoms with Gasteiger partial charge in [0.25, 0.3) is 5.91 Å². The van der Waals surface area contributed by atoms with Crippen LogP contribution in [0.25, 0.3) is 0 Å². The predicted molar refractivity (Wildman–Crippen MR) is 131 cm³/mol. The van der Waals surface area contributed by atoms with E-state index >= 15 is 0 Å². The number of carbonyl (C=O) groups excluding carboxylic acids is 4. The fourth-order valence-corrected chi connectivity index (χ4v) is 3.27. The van der Waals surface area contributed by atoms with Crippen molar-refractivity contribution >= 4 is 29.7 Å². The van der Waals surface area contributed by atoms with E-state index in [1.165, 1.54) is 6.08 Å². The normalized spacial score (nSPS) is 19.0. The van der Waals surface area contributed by atoms with Gasteiger partial charge in [-0.2, -0.15) is 0 Å². The standard InChI is InChI=1S/C24H39N5O6/c1-13(2)16-10-11-18(30)25-12-8-7-9-17(21(31)26-16)27-22(32)19(14(3)4)28-24(35)29-20(15(5)6)23(33)34/h7,9-10,13-15,17,19-20H,8,11-12H2,1-6H3,(H,25,30)(H,26,31)(H,27,32)(H,33,34)(H2,28,29,35)/t17-,19-,20-/m0/s1. The van der Waals surface area contributed by atoms with E-state index in [1.807, 2.05) is 13.8 Å². The quantitative estimate of drug-likeness (QED) is 0.276. The highest BCUT2D eigenvalue weighted by Gasteiger charge is 2.30. The molecule has 1 heterocycles. The summed E-state index contributed by atoms with van der Waals surface area (Å²) in [5, 5.41) is 22.4. The van der Waals surface area contributed by atoms with Crippen molar-refractivity contribution in [2.75, 3.05) is 6.54 Å². The van der Waals surface area contributed by atoms with E-state index in [1.54, 1.807) is 39.8 Å². The van der Waals surface area contributed by atoms with Gasteiger partial charge in [0, 0.05) is 18.7 Å². The second kappa shape index (κ2) is 14.1. The predicted octanol–water partition coefficient (Wildman–Crippen LogP) is 1.03. The van der Waals surface area contributed by atoms with Gasteiger partial charge in [-0.3, -0.25) is 14.4 Å². The van der Waals surface area contributed by atoms with Gasteiger partial charge in [-0.05, 0) is 24.2 Å². The molecule has 1 aliphatic rings. The van der Waals surface area contributed by atoms with Crippen molar-refractivity contribution < 1.29 is 29.1 Å². The third-order valence-electron chi connectivity index (χ3n) is 5.39. The van der Waals surface area contributed by atoms with Crippen LogP contribution in [0.5, 0.6) is 0 Å². The maximum absolute atomic E-state index is 13.1. The number of amides is 5. The zero-order chi connectivity index (χ0) is 26.7. The lowest BCUT2D eigenvalue weighted by Crippen LogP contribution is -2.58. The van der Waals surface area contributed by atoms with E-state index in [0.29, 0.717) is 18.7 Å². The average molecular weight is 494 g/mol. The molecule has 3 atom stereocenters. The highest BCUT2D eigenvalue weighted by molar-refractivity contribution is 5.94. The zero-order valence-corrected chi connectivity index (χ0v) is 21.3. The number of allylic oxidation sites excluding steroid dienone is 1. The first kappa shape index (κ1) is 29.7. The molecular weight excluding hydrogens is 454 g/mol. The minimum absolute atomic E-state index is 0.0630.